The van der Waals surface area contributed by atoms with E-state index in [2.05, 4.69) is 13.8 Å². The smallest absolute Gasteiger partial charge is 0.187 e. The van der Waals surface area contributed by atoms with Crippen LogP contribution in [0.2, 0.25) is 0 Å². The molecule has 0 aromatic carbocycles. The molecule has 0 fully saturated rings. The van der Waals surface area contributed by atoms with Crippen LogP contribution in [0.3, 0.4) is 0 Å². The second-order valence-electron chi connectivity index (χ2n) is 4.77. The van der Waals surface area contributed by atoms with Crippen LogP contribution in [0.1, 0.15) is 58.8 Å². The first-order valence-electron chi connectivity index (χ1n) is 7.83. The van der Waals surface area contributed by atoms with Gasteiger partial charge in [-0.25, -0.2) is 0 Å². The van der Waals surface area contributed by atoms with Gasteiger partial charge in [-0.1, -0.05) is 39.5 Å². The van der Waals surface area contributed by atoms with E-state index in [-0.39, 0.29) is 13.1 Å². The highest BCUT2D eigenvalue weighted by Gasteiger charge is 2.07. The summed E-state index contributed by atoms with van der Waals surface area (Å²) < 4.78 is 21.4. The number of unbranched alkanes of at least 4 members (excludes halogenated alkanes) is 4. The molecule has 0 heterocycles. The van der Waals surface area contributed by atoms with Crippen molar-refractivity contribution in [1.29, 1.82) is 0 Å². The predicted octanol–water partition coefficient (Wildman–Crippen LogP) is 4.25. The SMILES string of the molecule is CCCCCOC(CC=COCOC)OCCCCC. The summed E-state index contributed by atoms with van der Waals surface area (Å²) in [5.41, 5.74) is 0. The molecule has 0 amide bonds. The molecular weight excluding hydrogens is 256 g/mol. The summed E-state index contributed by atoms with van der Waals surface area (Å²) >= 11 is 0. The maximum Gasteiger partial charge on any atom is 0.187 e. The fourth-order valence-electron chi connectivity index (χ4n) is 1.66. The lowest BCUT2D eigenvalue weighted by atomic mass is 10.2. The molecule has 0 saturated heterocycles. The molecule has 0 radical (unpaired) electrons. The minimum atomic E-state index is -0.161. The van der Waals surface area contributed by atoms with Crippen molar-refractivity contribution >= 4 is 0 Å². The molecule has 0 aromatic heterocycles. The van der Waals surface area contributed by atoms with Crippen molar-refractivity contribution < 1.29 is 18.9 Å². The number of ether oxygens (including phenoxy) is 4. The zero-order valence-corrected chi connectivity index (χ0v) is 13.4. The largest absolute Gasteiger partial charge is 0.476 e. The fourth-order valence-corrected chi connectivity index (χ4v) is 1.66. The van der Waals surface area contributed by atoms with Gasteiger partial charge in [-0.3, -0.25) is 0 Å². The minimum absolute atomic E-state index is 0.161. The van der Waals surface area contributed by atoms with E-state index in [9.17, 15) is 0 Å². The average molecular weight is 288 g/mol. The van der Waals surface area contributed by atoms with E-state index in [1.54, 1.807) is 13.4 Å². The van der Waals surface area contributed by atoms with Gasteiger partial charge in [0.05, 0.1) is 6.26 Å². The maximum absolute atomic E-state index is 5.77. The Morgan fingerprint density at radius 2 is 1.50 bits per heavy atom. The van der Waals surface area contributed by atoms with Gasteiger partial charge < -0.3 is 18.9 Å². The Bertz CT molecular complexity index is 195. The third kappa shape index (κ3) is 13.8. The van der Waals surface area contributed by atoms with E-state index in [0.717, 1.165) is 26.1 Å². The van der Waals surface area contributed by atoms with E-state index in [1.165, 1.54) is 25.7 Å². The van der Waals surface area contributed by atoms with Gasteiger partial charge in [0.25, 0.3) is 0 Å². The summed E-state index contributed by atoms with van der Waals surface area (Å²) in [5, 5.41) is 0. The second kappa shape index (κ2) is 16.5. The Labute approximate surface area is 124 Å². The van der Waals surface area contributed by atoms with Gasteiger partial charge in [-0.2, -0.15) is 0 Å². The third-order valence-corrected chi connectivity index (χ3v) is 2.81. The molecule has 120 valence electrons. The number of hydrogen-bond donors (Lipinski definition) is 0. The molecule has 0 N–H and O–H groups in total. The standard InChI is InChI=1S/C16H32O4/c1-4-6-8-13-19-16(20-14-9-7-5-2)11-10-12-18-15-17-3/h10,12,16H,4-9,11,13-15H2,1-3H3. The normalized spacial score (nSPS) is 11.6. The quantitative estimate of drug-likeness (QED) is 0.256. The summed E-state index contributed by atoms with van der Waals surface area (Å²) in [5.74, 6) is 0. The zero-order chi connectivity index (χ0) is 14.9. The summed E-state index contributed by atoms with van der Waals surface area (Å²) in [6.45, 7) is 6.18. The van der Waals surface area contributed by atoms with Crippen molar-refractivity contribution in [1.82, 2.24) is 0 Å². The molecule has 0 aliphatic heterocycles. The predicted molar refractivity (Wildman–Crippen MR) is 81.5 cm³/mol. The molecule has 0 atom stereocenters. The van der Waals surface area contributed by atoms with Gasteiger partial charge in [0, 0.05) is 26.7 Å². The van der Waals surface area contributed by atoms with E-state index >= 15 is 0 Å². The van der Waals surface area contributed by atoms with Gasteiger partial charge >= 0.3 is 0 Å². The molecule has 4 heteroatoms. The number of hydrogen-bond acceptors (Lipinski definition) is 4. The minimum Gasteiger partial charge on any atom is -0.476 e. The summed E-state index contributed by atoms with van der Waals surface area (Å²) in [7, 11) is 1.60. The van der Waals surface area contributed by atoms with Crippen molar-refractivity contribution in [3.8, 4) is 0 Å². The molecule has 0 unspecified atom stereocenters. The lowest BCUT2D eigenvalue weighted by Gasteiger charge is -2.17. The van der Waals surface area contributed by atoms with Crippen LogP contribution in [0.15, 0.2) is 12.3 Å². The molecule has 0 rings (SSSR count). The Kier molecular flexibility index (Phi) is 16.0. The van der Waals surface area contributed by atoms with Gasteiger partial charge in [0.2, 0.25) is 0 Å². The van der Waals surface area contributed by atoms with Crippen molar-refractivity contribution in [2.45, 2.75) is 65.1 Å². The van der Waals surface area contributed by atoms with E-state index in [0.29, 0.717) is 6.42 Å². The molecule has 0 aliphatic carbocycles. The van der Waals surface area contributed by atoms with Crippen LogP contribution in [-0.4, -0.2) is 33.4 Å². The van der Waals surface area contributed by atoms with Crippen LogP contribution in [-0.2, 0) is 18.9 Å². The molecule has 0 saturated carbocycles. The Morgan fingerprint density at radius 1 is 0.900 bits per heavy atom. The Morgan fingerprint density at radius 3 is 2.00 bits per heavy atom. The van der Waals surface area contributed by atoms with Crippen LogP contribution in [0, 0.1) is 0 Å². The van der Waals surface area contributed by atoms with Gasteiger partial charge in [-0.05, 0) is 18.9 Å². The Hall–Kier alpha value is -0.580. The van der Waals surface area contributed by atoms with Crippen LogP contribution >= 0.6 is 0 Å². The highest BCUT2D eigenvalue weighted by molar-refractivity contribution is 4.75. The summed E-state index contributed by atoms with van der Waals surface area (Å²) in [6.07, 6.45) is 11.1. The van der Waals surface area contributed by atoms with Crippen molar-refractivity contribution in [2.75, 3.05) is 27.1 Å². The van der Waals surface area contributed by atoms with Gasteiger partial charge in [0.15, 0.2) is 13.1 Å². The molecule has 0 aromatic rings. The van der Waals surface area contributed by atoms with E-state index in [4.69, 9.17) is 18.9 Å². The number of rotatable bonds is 15. The maximum atomic E-state index is 5.77. The van der Waals surface area contributed by atoms with Crippen molar-refractivity contribution in [3.63, 3.8) is 0 Å². The first-order chi connectivity index (χ1) is 9.85. The second-order valence-corrected chi connectivity index (χ2v) is 4.77. The fraction of sp³-hybridized carbons (Fsp3) is 0.875. The van der Waals surface area contributed by atoms with Crippen LogP contribution in [0.25, 0.3) is 0 Å². The average Bonchev–Trinajstić information content (AvgIpc) is 2.47. The van der Waals surface area contributed by atoms with Crippen LogP contribution in [0.4, 0.5) is 0 Å². The molecule has 0 aliphatic rings. The first-order valence-corrected chi connectivity index (χ1v) is 7.83. The van der Waals surface area contributed by atoms with Gasteiger partial charge in [0.1, 0.15) is 0 Å². The summed E-state index contributed by atoms with van der Waals surface area (Å²) in [4.78, 5) is 0. The van der Waals surface area contributed by atoms with Crippen LogP contribution < -0.4 is 0 Å². The molecule has 20 heavy (non-hydrogen) atoms. The molecular formula is C16H32O4. The lowest BCUT2D eigenvalue weighted by molar-refractivity contribution is -0.141. The monoisotopic (exact) mass is 288 g/mol. The number of methoxy groups -OCH3 is 1. The first kappa shape index (κ1) is 19.4. The summed E-state index contributed by atoms with van der Waals surface area (Å²) in [6, 6.07) is 0. The van der Waals surface area contributed by atoms with E-state index < -0.39 is 0 Å². The molecule has 4 nitrogen and oxygen atoms in total. The topological polar surface area (TPSA) is 36.9 Å². The highest BCUT2D eigenvalue weighted by atomic mass is 16.7. The lowest BCUT2D eigenvalue weighted by Crippen LogP contribution is -2.18. The van der Waals surface area contributed by atoms with Crippen molar-refractivity contribution in [3.05, 3.63) is 12.3 Å². The Balaban J connectivity index is 3.81. The highest BCUT2D eigenvalue weighted by Crippen LogP contribution is 2.07. The zero-order valence-electron chi connectivity index (χ0n) is 13.4. The third-order valence-electron chi connectivity index (χ3n) is 2.81. The van der Waals surface area contributed by atoms with E-state index in [1.807, 2.05) is 6.08 Å². The molecule has 0 spiro atoms. The molecule has 0 bridgehead atoms. The van der Waals surface area contributed by atoms with Gasteiger partial charge in [-0.15, -0.1) is 0 Å². The van der Waals surface area contributed by atoms with Crippen molar-refractivity contribution in [2.24, 2.45) is 0 Å². The van der Waals surface area contributed by atoms with Crippen LogP contribution in [0.5, 0.6) is 0 Å².